The average molecular weight is 901 g/mol. The summed E-state index contributed by atoms with van der Waals surface area (Å²) < 4.78 is 6.96. The lowest BCUT2D eigenvalue weighted by atomic mass is 9.49. The molecule has 360 valence electrons. The summed E-state index contributed by atoms with van der Waals surface area (Å²) in [7, 11) is 0. The Hall–Kier alpha value is -3.30. The van der Waals surface area contributed by atoms with E-state index in [9.17, 15) is 0 Å². The summed E-state index contributed by atoms with van der Waals surface area (Å²) in [5, 5.41) is 3.90. The van der Waals surface area contributed by atoms with Crippen molar-refractivity contribution in [2.24, 2.45) is 64.6 Å². The molecule has 14 unspecified atom stereocenters. The minimum absolute atomic E-state index is 0.214. The van der Waals surface area contributed by atoms with E-state index in [-0.39, 0.29) is 11.5 Å². The van der Waals surface area contributed by atoms with Gasteiger partial charge in [0.05, 0.1) is 12.2 Å². The van der Waals surface area contributed by atoms with Crippen LogP contribution in [0.4, 0.5) is 0 Å². The molecule has 0 saturated heterocycles. The fraction of sp³-hybridized carbons (Fsp3) is 0.656. The van der Waals surface area contributed by atoms with Gasteiger partial charge in [-0.3, -0.25) is 0 Å². The number of nitrogens with one attached hydrogen (secondary N) is 1. The molecule has 0 radical (unpaired) electrons. The van der Waals surface area contributed by atoms with E-state index in [0.717, 1.165) is 18.3 Å². The zero-order valence-electron chi connectivity index (χ0n) is 42.1. The first-order chi connectivity index (χ1) is 32.9. The molecule has 0 aromatic rings. The van der Waals surface area contributed by atoms with Crippen LogP contribution < -0.4 is 5.32 Å². The quantitative estimate of drug-likeness (QED) is 0.209. The number of fused-ring (bicyclic) bond motifs is 3. The number of hydrogen-bond donors (Lipinski definition) is 1. The van der Waals surface area contributed by atoms with Gasteiger partial charge in [0, 0.05) is 29.5 Å². The van der Waals surface area contributed by atoms with Crippen LogP contribution >= 0.6 is 0 Å². The second-order valence-electron chi connectivity index (χ2n) is 24.2. The van der Waals surface area contributed by atoms with Gasteiger partial charge in [-0.25, -0.2) is 0 Å². The maximum Gasteiger partial charge on any atom is 0.0759 e. The van der Waals surface area contributed by atoms with Gasteiger partial charge in [-0.15, -0.1) is 0 Å². The van der Waals surface area contributed by atoms with Gasteiger partial charge in [-0.05, 0) is 236 Å². The first-order valence-electron chi connectivity index (χ1n) is 28.6. The molecule has 3 heteroatoms. The van der Waals surface area contributed by atoms with Gasteiger partial charge in [0.15, 0.2) is 0 Å². The zero-order chi connectivity index (χ0) is 45.3. The van der Waals surface area contributed by atoms with E-state index in [1.165, 1.54) is 147 Å². The molecule has 11 aliphatic carbocycles. The SMILES string of the molecule is CC1=CCC(C)C(C2(C3C=CC(OC4CCC(C)CC4)CC3)C3C=CC(C4=CCC(NC5=CCCC=C5)CC4)=CC3C3CC(C4CC=C(N(C5C=CCCC5)C5CC=CCC5)CC4)C=CC32)C1. The number of nitrogens with zero attached hydrogens (tertiary/aromatic N) is 1. The highest BCUT2D eigenvalue weighted by Gasteiger charge is 2.65. The van der Waals surface area contributed by atoms with Crippen molar-refractivity contribution in [1.82, 2.24) is 10.2 Å². The molecular formula is C64H88N2O. The zero-order valence-corrected chi connectivity index (χ0v) is 42.1. The lowest BCUT2D eigenvalue weighted by molar-refractivity contribution is -0.0450. The molecule has 0 aromatic carbocycles. The molecule has 0 amide bonds. The minimum Gasteiger partial charge on any atom is -0.382 e. The van der Waals surface area contributed by atoms with Gasteiger partial charge in [0.2, 0.25) is 0 Å². The molecule has 2 saturated carbocycles. The highest BCUT2D eigenvalue weighted by Crippen LogP contribution is 2.70. The fourth-order valence-electron chi connectivity index (χ4n) is 16.7. The van der Waals surface area contributed by atoms with Crippen molar-refractivity contribution in [2.75, 3.05) is 0 Å². The van der Waals surface area contributed by atoms with Crippen molar-refractivity contribution in [2.45, 2.75) is 199 Å². The molecule has 3 nitrogen and oxygen atoms in total. The third-order valence-electron chi connectivity index (χ3n) is 20.2. The van der Waals surface area contributed by atoms with Crippen LogP contribution in [0.1, 0.15) is 168 Å². The normalized spacial score (nSPS) is 42.7. The van der Waals surface area contributed by atoms with E-state index in [0.29, 0.717) is 71.6 Å². The highest BCUT2D eigenvalue weighted by molar-refractivity contribution is 5.46. The van der Waals surface area contributed by atoms with Gasteiger partial charge in [0.1, 0.15) is 0 Å². The molecule has 2 fully saturated rings. The van der Waals surface area contributed by atoms with Gasteiger partial charge < -0.3 is 15.0 Å². The van der Waals surface area contributed by atoms with Crippen molar-refractivity contribution in [3.8, 4) is 0 Å². The molecular weight excluding hydrogens is 813 g/mol. The predicted octanol–water partition coefficient (Wildman–Crippen LogP) is 16.0. The van der Waals surface area contributed by atoms with Crippen LogP contribution in [0.2, 0.25) is 0 Å². The first kappa shape index (κ1) is 46.1. The minimum atomic E-state index is 0.214. The Morgan fingerprint density at radius 2 is 1.61 bits per heavy atom. The molecule has 11 rings (SSSR count). The second kappa shape index (κ2) is 20.6. The smallest absolute Gasteiger partial charge is 0.0759 e. The predicted molar refractivity (Wildman–Crippen MR) is 281 cm³/mol. The topological polar surface area (TPSA) is 24.5 Å². The first-order valence-corrected chi connectivity index (χ1v) is 28.6. The molecule has 0 spiro atoms. The van der Waals surface area contributed by atoms with Crippen molar-refractivity contribution in [1.29, 1.82) is 0 Å². The fourth-order valence-corrected chi connectivity index (χ4v) is 16.7. The van der Waals surface area contributed by atoms with Crippen LogP contribution in [0, 0.1) is 64.6 Å². The number of rotatable bonds is 11. The summed E-state index contributed by atoms with van der Waals surface area (Å²) >= 11 is 0. The van der Waals surface area contributed by atoms with Gasteiger partial charge in [-0.2, -0.15) is 0 Å². The Bertz CT molecular complexity index is 2110. The third kappa shape index (κ3) is 9.53. The van der Waals surface area contributed by atoms with Crippen LogP contribution in [0.5, 0.6) is 0 Å². The number of ether oxygens (including phenoxy) is 1. The van der Waals surface area contributed by atoms with Crippen molar-refractivity contribution < 1.29 is 4.74 Å². The summed E-state index contributed by atoms with van der Waals surface area (Å²) in [5.74, 6) is 6.72. The van der Waals surface area contributed by atoms with Crippen LogP contribution in [-0.2, 0) is 4.74 Å². The molecule has 0 heterocycles. The summed E-state index contributed by atoms with van der Waals surface area (Å²) in [4.78, 5) is 2.94. The molecule has 0 bridgehead atoms. The van der Waals surface area contributed by atoms with E-state index < -0.39 is 0 Å². The largest absolute Gasteiger partial charge is 0.382 e. The van der Waals surface area contributed by atoms with Crippen molar-refractivity contribution >= 4 is 0 Å². The summed E-state index contributed by atoms with van der Waals surface area (Å²) in [6.45, 7) is 7.54. The number of hydrogen-bond acceptors (Lipinski definition) is 3. The third-order valence-corrected chi connectivity index (χ3v) is 20.2. The maximum atomic E-state index is 6.96. The lowest BCUT2D eigenvalue weighted by Crippen LogP contribution is -2.50. The van der Waals surface area contributed by atoms with Gasteiger partial charge in [-0.1, -0.05) is 117 Å². The van der Waals surface area contributed by atoms with E-state index in [1.54, 1.807) is 22.4 Å². The van der Waals surface area contributed by atoms with Crippen LogP contribution in [0.25, 0.3) is 0 Å². The van der Waals surface area contributed by atoms with E-state index in [4.69, 9.17) is 4.74 Å². The van der Waals surface area contributed by atoms with E-state index in [1.807, 2.05) is 0 Å². The maximum absolute atomic E-state index is 6.96. The van der Waals surface area contributed by atoms with Crippen molar-refractivity contribution in [3.05, 3.63) is 131 Å². The van der Waals surface area contributed by atoms with Crippen LogP contribution in [-0.4, -0.2) is 35.2 Å². The van der Waals surface area contributed by atoms with Gasteiger partial charge >= 0.3 is 0 Å². The Kier molecular flexibility index (Phi) is 14.2. The summed E-state index contributed by atoms with van der Waals surface area (Å²) in [6, 6.07) is 1.80. The molecule has 11 aliphatic rings. The van der Waals surface area contributed by atoms with Gasteiger partial charge in [0.25, 0.3) is 0 Å². The van der Waals surface area contributed by atoms with Crippen LogP contribution in [0.15, 0.2) is 131 Å². The molecule has 67 heavy (non-hydrogen) atoms. The molecule has 0 aromatic heterocycles. The molecule has 1 N–H and O–H groups in total. The standard InChI is InChI=1S/C64H88N2O/c1-44-20-35-57(36-21-44)67-58-37-29-51(30-38-58)64(63-41-45(2)19-22-46(63)3)61-39-27-49(47-23-31-53(32-24-47)65-52-13-7-4-8-14-52)42-59(61)60-43-50(28-40-62(60)64)48-25-33-56(34-26-48)66(54-15-9-5-10-16-54)55-17-11-6-12-18-55/h5,7,9,11,13-14,17,19,23,27-29,33,37,39-40,42,44,46,48,50-51,53-55,57-63,65H,4,6,8,10,12,15-16,18,20-22,24-26,30-32,34-36,38,41,43H2,1-3H3. The van der Waals surface area contributed by atoms with Crippen LogP contribution in [0.3, 0.4) is 0 Å². The van der Waals surface area contributed by atoms with E-state index >= 15 is 0 Å². The number of allylic oxidation sites excluding steroid dienone is 17. The average Bonchev–Trinajstić information content (AvgIpc) is 3.66. The Balaban J connectivity index is 0.905. The molecule has 0 aliphatic heterocycles. The second-order valence-corrected chi connectivity index (χ2v) is 24.2. The Morgan fingerprint density at radius 3 is 2.36 bits per heavy atom. The highest BCUT2D eigenvalue weighted by atomic mass is 16.5. The summed E-state index contributed by atoms with van der Waals surface area (Å²) in [6.07, 6.45) is 74.2. The lowest BCUT2D eigenvalue weighted by Gasteiger charge is -2.55. The summed E-state index contributed by atoms with van der Waals surface area (Å²) in [5.41, 5.74) is 8.06. The monoisotopic (exact) mass is 901 g/mol. The van der Waals surface area contributed by atoms with Crippen molar-refractivity contribution in [3.63, 3.8) is 0 Å². The molecule has 14 atom stereocenters. The Labute approximate surface area is 408 Å². The van der Waals surface area contributed by atoms with E-state index in [2.05, 4.69) is 134 Å². The Morgan fingerprint density at radius 1 is 0.687 bits per heavy atom.